The molecule has 0 fully saturated rings. The van der Waals surface area contributed by atoms with Crippen LogP contribution in [0.15, 0.2) is 108 Å². The third-order valence-electron chi connectivity index (χ3n) is 6.06. The van der Waals surface area contributed by atoms with Crippen molar-refractivity contribution in [2.24, 2.45) is 0 Å². The van der Waals surface area contributed by atoms with Crippen LogP contribution >= 0.6 is 0 Å². The molecule has 0 radical (unpaired) electrons. The molecule has 196 valence electrons. The lowest BCUT2D eigenvalue weighted by Gasteiger charge is -2.14. The largest absolute Gasteiger partial charge is 0.492 e. The summed E-state index contributed by atoms with van der Waals surface area (Å²) in [4.78, 5) is 25.7. The number of anilines is 3. The van der Waals surface area contributed by atoms with E-state index >= 15 is 0 Å². The van der Waals surface area contributed by atoms with Crippen LogP contribution in [0.25, 0.3) is 11.0 Å². The molecule has 1 heterocycles. The molecular weight excluding hydrogens is 494 g/mol. The summed E-state index contributed by atoms with van der Waals surface area (Å²) in [7, 11) is 0. The minimum absolute atomic E-state index is 0.234. The van der Waals surface area contributed by atoms with E-state index in [9.17, 15) is 9.59 Å². The molecule has 39 heavy (non-hydrogen) atoms. The SMILES string of the molecule is Nc1ccccc1NC(=O)c1ccc(OCCN(C=O)c2cc3ccc(COc4ccccc4)cc3o2)cc1. The molecule has 5 aromatic rings. The van der Waals surface area contributed by atoms with Crippen molar-refractivity contribution in [2.45, 2.75) is 6.61 Å². The first-order chi connectivity index (χ1) is 19.1. The highest BCUT2D eigenvalue weighted by molar-refractivity contribution is 6.05. The highest BCUT2D eigenvalue weighted by Crippen LogP contribution is 2.27. The number of nitrogen functional groups attached to an aromatic ring is 1. The zero-order chi connectivity index (χ0) is 27.0. The van der Waals surface area contributed by atoms with Gasteiger partial charge in [-0.1, -0.05) is 42.5 Å². The number of furan rings is 1. The van der Waals surface area contributed by atoms with Gasteiger partial charge in [-0.3, -0.25) is 14.5 Å². The molecule has 0 bridgehead atoms. The van der Waals surface area contributed by atoms with Crippen LogP contribution in [0.5, 0.6) is 11.5 Å². The van der Waals surface area contributed by atoms with E-state index in [4.69, 9.17) is 19.6 Å². The molecule has 0 saturated carbocycles. The lowest BCUT2D eigenvalue weighted by Crippen LogP contribution is -2.26. The van der Waals surface area contributed by atoms with E-state index in [1.54, 1.807) is 48.5 Å². The van der Waals surface area contributed by atoms with Gasteiger partial charge in [-0.15, -0.1) is 0 Å². The zero-order valence-electron chi connectivity index (χ0n) is 21.1. The molecule has 0 unspecified atom stereocenters. The van der Waals surface area contributed by atoms with Gasteiger partial charge in [0.05, 0.1) is 17.9 Å². The van der Waals surface area contributed by atoms with Gasteiger partial charge in [0.1, 0.15) is 30.3 Å². The lowest BCUT2D eigenvalue weighted by molar-refractivity contribution is -0.107. The van der Waals surface area contributed by atoms with E-state index in [0.29, 0.717) is 47.2 Å². The van der Waals surface area contributed by atoms with Crippen molar-refractivity contribution >= 4 is 40.5 Å². The Morgan fingerprint density at radius 3 is 2.38 bits per heavy atom. The molecule has 5 rings (SSSR count). The number of rotatable bonds is 11. The molecule has 0 aliphatic carbocycles. The Balaban J connectivity index is 1.15. The Morgan fingerprint density at radius 1 is 0.872 bits per heavy atom. The number of para-hydroxylation sites is 3. The van der Waals surface area contributed by atoms with Crippen LogP contribution in [0.2, 0.25) is 0 Å². The number of hydrogen-bond acceptors (Lipinski definition) is 6. The summed E-state index contributed by atoms with van der Waals surface area (Å²) < 4.78 is 17.5. The summed E-state index contributed by atoms with van der Waals surface area (Å²) >= 11 is 0. The fourth-order valence-corrected chi connectivity index (χ4v) is 3.96. The molecule has 0 spiro atoms. The van der Waals surface area contributed by atoms with E-state index in [-0.39, 0.29) is 19.1 Å². The van der Waals surface area contributed by atoms with Crippen LogP contribution in [0.1, 0.15) is 15.9 Å². The Kier molecular flexibility index (Phi) is 7.73. The van der Waals surface area contributed by atoms with Gasteiger partial charge in [0, 0.05) is 17.0 Å². The molecule has 8 nitrogen and oxygen atoms in total. The van der Waals surface area contributed by atoms with Crippen molar-refractivity contribution in [1.82, 2.24) is 0 Å². The number of ether oxygens (including phenoxy) is 2. The van der Waals surface area contributed by atoms with Crippen molar-refractivity contribution in [1.29, 1.82) is 0 Å². The quantitative estimate of drug-likeness (QED) is 0.166. The second-order valence-corrected chi connectivity index (χ2v) is 8.77. The molecular formula is C31H27N3O5. The number of fused-ring (bicyclic) bond motifs is 1. The average Bonchev–Trinajstić information content (AvgIpc) is 3.39. The Labute approximate surface area is 225 Å². The number of carbonyl (C=O) groups is 2. The summed E-state index contributed by atoms with van der Waals surface area (Å²) in [6.45, 7) is 0.919. The molecule has 8 heteroatoms. The smallest absolute Gasteiger partial charge is 0.255 e. The van der Waals surface area contributed by atoms with Crippen LogP contribution in [0.3, 0.4) is 0 Å². The Bertz CT molecular complexity index is 1560. The minimum atomic E-state index is -0.272. The van der Waals surface area contributed by atoms with Crippen LogP contribution < -0.4 is 25.4 Å². The number of benzene rings is 4. The standard InChI is InChI=1S/C31H27N3O5/c32-27-8-4-5-9-28(27)33-31(36)23-12-14-26(15-13-23)37-17-16-34(21-35)30-19-24-11-10-22(18-29(24)39-30)20-38-25-6-2-1-3-7-25/h1-15,18-19,21H,16-17,20,32H2,(H,33,36). The van der Waals surface area contributed by atoms with Crippen LogP contribution in [0.4, 0.5) is 17.3 Å². The van der Waals surface area contributed by atoms with Gasteiger partial charge in [-0.05, 0) is 60.2 Å². The normalized spacial score (nSPS) is 10.7. The van der Waals surface area contributed by atoms with Crippen molar-refractivity contribution in [3.63, 3.8) is 0 Å². The summed E-state index contributed by atoms with van der Waals surface area (Å²) in [5, 5.41) is 3.67. The van der Waals surface area contributed by atoms with Crippen molar-refractivity contribution in [3.05, 3.63) is 114 Å². The molecule has 2 amide bonds. The predicted octanol–water partition coefficient (Wildman–Crippen LogP) is 5.89. The van der Waals surface area contributed by atoms with Crippen LogP contribution in [0, 0.1) is 0 Å². The fraction of sp³-hybridized carbons (Fsp3) is 0.0968. The highest BCUT2D eigenvalue weighted by Gasteiger charge is 2.13. The predicted molar refractivity (Wildman–Crippen MR) is 151 cm³/mol. The number of nitrogens with zero attached hydrogens (tertiary/aromatic N) is 1. The van der Waals surface area contributed by atoms with E-state index in [1.165, 1.54) is 4.90 Å². The van der Waals surface area contributed by atoms with Crippen molar-refractivity contribution in [2.75, 3.05) is 29.1 Å². The number of nitrogens with one attached hydrogen (secondary N) is 1. The summed E-state index contributed by atoms with van der Waals surface area (Å²) in [5.41, 5.74) is 9.03. The Morgan fingerprint density at radius 2 is 1.62 bits per heavy atom. The third kappa shape index (κ3) is 6.37. The van der Waals surface area contributed by atoms with E-state index in [2.05, 4.69) is 5.32 Å². The van der Waals surface area contributed by atoms with Crippen LogP contribution in [-0.4, -0.2) is 25.5 Å². The fourth-order valence-electron chi connectivity index (χ4n) is 3.96. The highest BCUT2D eigenvalue weighted by atomic mass is 16.5. The first-order valence-corrected chi connectivity index (χ1v) is 12.4. The van der Waals surface area contributed by atoms with Crippen molar-refractivity contribution < 1.29 is 23.5 Å². The van der Waals surface area contributed by atoms with Gasteiger partial charge >= 0.3 is 0 Å². The maximum atomic E-state index is 12.5. The first-order valence-electron chi connectivity index (χ1n) is 12.4. The lowest BCUT2D eigenvalue weighted by atomic mass is 10.2. The Hall–Kier alpha value is -5.24. The second-order valence-electron chi connectivity index (χ2n) is 8.77. The van der Waals surface area contributed by atoms with Gasteiger partial charge in [0.15, 0.2) is 0 Å². The molecule has 3 N–H and O–H groups in total. The number of carbonyl (C=O) groups excluding carboxylic acids is 2. The molecule has 1 aromatic heterocycles. The van der Waals surface area contributed by atoms with Gasteiger partial charge < -0.3 is 24.9 Å². The monoisotopic (exact) mass is 521 g/mol. The van der Waals surface area contributed by atoms with Gasteiger partial charge in [0.2, 0.25) is 12.3 Å². The zero-order valence-corrected chi connectivity index (χ0v) is 21.1. The van der Waals surface area contributed by atoms with Crippen molar-refractivity contribution in [3.8, 4) is 11.5 Å². The van der Waals surface area contributed by atoms with Crippen LogP contribution in [-0.2, 0) is 11.4 Å². The first kappa shape index (κ1) is 25.4. The second kappa shape index (κ2) is 11.9. The molecule has 0 aliphatic heterocycles. The number of hydrogen-bond donors (Lipinski definition) is 2. The topological polar surface area (TPSA) is 107 Å². The van der Waals surface area contributed by atoms with Gasteiger partial charge in [0.25, 0.3) is 5.91 Å². The summed E-state index contributed by atoms with van der Waals surface area (Å²) in [5.74, 6) is 1.52. The molecule has 4 aromatic carbocycles. The maximum Gasteiger partial charge on any atom is 0.255 e. The minimum Gasteiger partial charge on any atom is -0.492 e. The van der Waals surface area contributed by atoms with E-state index < -0.39 is 0 Å². The summed E-state index contributed by atoms with van der Waals surface area (Å²) in [6, 6.07) is 31.0. The number of nitrogens with two attached hydrogens (primary N) is 1. The van der Waals surface area contributed by atoms with Gasteiger partial charge in [-0.2, -0.15) is 0 Å². The third-order valence-corrected chi connectivity index (χ3v) is 6.06. The van der Waals surface area contributed by atoms with E-state index in [1.807, 2.05) is 54.6 Å². The average molecular weight is 522 g/mol. The maximum absolute atomic E-state index is 12.5. The van der Waals surface area contributed by atoms with Gasteiger partial charge in [-0.25, -0.2) is 0 Å². The molecule has 0 saturated heterocycles. The summed E-state index contributed by atoms with van der Waals surface area (Å²) in [6.07, 6.45) is 0.712. The molecule has 0 aliphatic rings. The molecule has 0 atom stereocenters. The van der Waals surface area contributed by atoms with E-state index in [0.717, 1.165) is 16.7 Å². The number of amides is 2.